The molecule has 1 aromatic heterocycles. The number of hydrogen-bond donors (Lipinski definition) is 1. The van der Waals surface area contributed by atoms with Gasteiger partial charge in [-0.15, -0.1) is 5.10 Å². The smallest absolute Gasteiger partial charge is 0.165 e. The molecular formula is C9H17N5O. The van der Waals surface area contributed by atoms with Gasteiger partial charge in [0, 0.05) is 12.5 Å². The third kappa shape index (κ3) is 2.15. The number of aromatic nitrogens is 4. The normalized spacial score (nSPS) is 23.2. The highest BCUT2D eigenvalue weighted by Crippen LogP contribution is 2.25. The Morgan fingerprint density at radius 3 is 3.20 bits per heavy atom. The van der Waals surface area contributed by atoms with E-state index < -0.39 is 0 Å². The fourth-order valence-electron chi connectivity index (χ4n) is 1.94. The van der Waals surface area contributed by atoms with E-state index in [4.69, 9.17) is 4.74 Å². The molecule has 0 aliphatic carbocycles. The quantitative estimate of drug-likeness (QED) is 0.759. The summed E-state index contributed by atoms with van der Waals surface area (Å²) in [5.74, 6) is 1.42. The van der Waals surface area contributed by atoms with Crippen molar-refractivity contribution in [3.05, 3.63) is 5.82 Å². The fourth-order valence-corrected chi connectivity index (χ4v) is 1.94. The maximum absolute atomic E-state index is 5.38. The Labute approximate surface area is 89.0 Å². The van der Waals surface area contributed by atoms with Crippen LogP contribution in [0.2, 0.25) is 0 Å². The summed E-state index contributed by atoms with van der Waals surface area (Å²) < 4.78 is 7.28. The van der Waals surface area contributed by atoms with Gasteiger partial charge in [0.15, 0.2) is 5.82 Å². The Morgan fingerprint density at radius 1 is 1.67 bits per heavy atom. The van der Waals surface area contributed by atoms with Crippen molar-refractivity contribution in [2.24, 2.45) is 5.92 Å². The van der Waals surface area contributed by atoms with E-state index in [0.717, 1.165) is 25.5 Å². The predicted molar refractivity (Wildman–Crippen MR) is 54.2 cm³/mol. The first-order chi connectivity index (χ1) is 7.33. The van der Waals surface area contributed by atoms with Gasteiger partial charge in [-0.1, -0.05) is 0 Å². The van der Waals surface area contributed by atoms with Gasteiger partial charge in [0.05, 0.1) is 19.2 Å². The Morgan fingerprint density at radius 2 is 2.53 bits per heavy atom. The molecule has 2 unspecified atom stereocenters. The SMILES string of the molecule is CNCc1nnnn1C(C)C1CCOC1. The van der Waals surface area contributed by atoms with Crippen molar-refractivity contribution in [1.29, 1.82) is 0 Å². The highest BCUT2D eigenvalue weighted by atomic mass is 16.5. The summed E-state index contributed by atoms with van der Waals surface area (Å²) in [6.45, 7) is 4.53. The average Bonchev–Trinajstić information content (AvgIpc) is 2.87. The van der Waals surface area contributed by atoms with E-state index in [9.17, 15) is 0 Å². The molecule has 1 N–H and O–H groups in total. The molecular weight excluding hydrogens is 194 g/mol. The minimum atomic E-state index is 0.311. The van der Waals surface area contributed by atoms with E-state index in [0.29, 0.717) is 18.5 Å². The molecule has 2 atom stereocenters. The summed E-state index contributed by atoms with van der Waals surface area (Å²) in [5, 5.41) is 14.8. The molecule has 0 bridgehead atoms. The fraction of sp³-hybridized carbons (Fsp3) is 0.889. The van der Waals surface area contributed by atoms with Crippen LogP contribution in [0.5, 0.6) is 0 Å². The van der Waals surface area contributed by atoms with Crippen molar-refractivity contribution in [3.8, 4) is 0 Å². The number of tetrazole rings is 1. The van der Waals surface area contributed by atoms with E-state index in [1.165, 1.54) is 0 Å². The monoisotopic (exact) mass is 211 g/mol. The van der Waals surface area contributed by atoms with Crippen LogP contribution >= 0.6 is 0 Å². The predicted octanol–water partition coefficient (Wildman–Crippen LogP) is -0.0100. The molecule has 2 rings (SSSR count). The van der Waals surface area contributed by atoms with E-state index in [2.05, 4.69) is 27.8 Å². The van der Waals surface area contributed by atoms with E-state index in [1.807, 2.05) is 11.7 Å². The molecule has 15 heavy (non-hydrogen) atoms. The molecule has 1 aliphatic heterocycles. The third-order valence-electron chi connectivity index (χ3n) is 2.93. The van der Waals surface area contributed by atoms with E-state index in [1.54, 1.807) is 0 Å². The minimum Gasteiger partial charge on any atom is -0.381 e. The standard InChI is InChI=1S/C9H17N5O/c1-7(8-3-4-15-6-8)14-9(5-10-2)11-12-13-14/h7-8,10H,3-6H2,1-2H3. The maximum atomic E-state index is 5.38. The second-order valence-electron chi connectivity index (χ2n) is 3.93. The average molecular weight is 211 g/mol. The molecule has 0 amide bonds. The highest BCUT2D eigenvalue weighted by Gasteiger charge is 2.26. The second-order valence-corrected chi connectivity index (χ2v) is 3.93. The molecule has 0 saturated carbocycles. The molecule has 1 saturated heterocycles. The summed E-state index contributed by atoms with van der Waals surface area (Å²) in [6, 6.07) is 0.311. The van der Waals surface area contributed by atoms with Gasteiger partial charge in [0.1, 0.15) is 0 Å². The molecule has 6 heteroatoms. The molecule has 0 aromatic carbocycles. The van der Waals surface area contributed by atoms with Crippen molar-refractivity contribution in [1.82, 2.24) is 25.5 Å². The Hall–Kier alpha value is -1.01. The van der Waals surface area contributed by atoms with E-state index in [-0.39, 0.29) is 0 Å². The van der Waals surface area contributed by atoms with Gasteiger partial charge in [-0.25, -0.2) is 4.68 Å². The molecule has 1 fully saturated rings. The van der Waals surface area contributed by atoms with Gasteiger partial charge in [-0.3, -0.25) is 0 Å². The Balaban J connectivity index is 2.09. The molecule has 1 aromatic rings. The Bertz CT molecular complexity index is 307. The molecule has 84 valence electrons. The summed E-state index contributed by atoms with van der Waals surface area (Å²) in [7, 11) is 1.89. The topological polar surface area (TPSA) is 64.9 Å². The Kier molecular flexibility index (Phi) is 3.27. The summed E-state index contributed by atoms with van der Waals surface area (Å²) in [5.41, 5.74) is 0. The lowest BCUT2D eigenvalue weighted by atomic mass is 10.0. The summed E-state index contributed by atoms with van der Waals surface area (Å²) >= 11 is 0. The van der Waals surface area contributed by atoms with Crippen LogP contribution < -0.4 is 5.32 Å². The van der Waals surface area contributed by atoms with E-state index >= 15 is 0 Å². The number of hydrogen-bond acceptors (Lipinski definition) is 5. The zero-order valence-corrected chi connectivity index (χ0v) is 9.18. The van der Waals surface area contributed by atoms with Gasteiger partial charge in [-0.2, -0.15) is 0 Å². The minimum absolute atomic E-state index is 0.311. The van der Waals surface area contributed by atoms with Crippen molar-refractivity contribution in [2.75, 3.05) is 20.3 Å². The van der Waals surface area contributed by atoms with Gasteiger partial charge < -0.3 is 10.1 Å². The van der Waals surface area contributed by atoms with Crippen LogP contribution in [0.3, 0.4) is 0 Å². The van der Waals surface area contributed by atoms with Crippen molar-refractivity contribution in [2.45, 2.75) is 25.9 Å². The van der Waals surface area contributed by atoms with Crippen LogP contribution in [0, 0.1) is 5.92 Å². The zero-order chi connectivity index (χ0) is 10.7. The van der Waals surface area contributed by atoms with Gasteiger partial charge >= 0.3 is 0 Å². The van der Waals surface area contributed by atoms with Crippen molar-refractivity contribution >= 4 is 0 Å². The molecule has 0 radical (unpaired) electrons. The lowest BCUT2D eigenvalue weighted by Gasteiger charge is -2.18. The van der Waals surface area contributed by atoms with Crippen LogP contribution in [0.4, 0.5) is 0 Å². The lowest BCUT2D eigenvalue weighted by Crippen LogP contribution is -2.22. The highest BCUT2D eigenvalue weighted by molar-refractivity contribution is 4.85. The van der Waals surface area contributed by atoms with Crippen LogP contribution in [0.1, 0.15) is 25.2 Å². The van der Waals surface area contributed by atoms with Crippen LogP contribution in [0.25, 0.3) is 0 Å². The van der Waals surface area contributed by atoms with Gasteiger partial charge in [-0.05, 0) is 30.8 Å². The van der Waals surface area contributed by atoms with Crippen molar-refractivity contribution in [3.63, 3.8) is 0 Å². The van der Waals surface area contributed by atoms with Gasteiger partial charge in [0.2, 0.25) is 0 Å². The lowest BCUT2D eigenvalue weighted by molar-refractivity contribution is 0.172. The number of nitrogens with one attached hydrogen (secondary N) is 1. The maximum Gasteiger partial charge on any atom is 0.165 e. The molecule has 0 spiro atoms. The second kappa shape index (κ2) is 4.67. The zero-order valence-electron chi connectivity index (χ0n) is 9.18. The largest absolute Gasteiger partial charge is 0.381 e. The summed E-state index contributed by atoms with van der Waals surface area (Å²) in [6.07, 6.45) is 1.10. The third-order valence-corrected chi connectivity index (χ3v) is 2.93. The number of rotatable bonds is 4. The molecule has 2 heterocycles. The first kappa shape index (κ1) is 10.5. The summed E-state index contributed by atoms with van der Waals surface area (Å²) in [4.78, 5) is 0. The molecule has 6 nitrogen and oxygen atoms in total. The molecule has 1 aliphatic rings. The number of nitrogens with zero attached hydrogens (tertiary/aromatic N) is 4. The van der Waals surface area contributed by atoms with Crippen molar-refractivity contribution < 1.29 is 4.74 Å². The van der Waals surface area contributed by atoms with Crippen LogP contribution in [-0.4, -0.2) is 40.5 Å². The first-order valence-electron chi connectivity index (χ1n) is 5.32. The number of ether oxygens (including phenoxy) is 1. The first-order valence-corrected chi connectivity index (χ1v) is 5.32. The van der Waals surface area contributed by atoms with Gasteiger partial charge in [0.25, 0.3) is 0 Å². The van der Waals surface area contributed by atoms with Crippen LogP contribution in [-0.2, 0) is 11.3 Å². The van der Waals surface area contributed by atoms with Crippen LogP contribution in [0.15, 0.2) is 0 Å².